The van der Waals surface area contributed by atoms with Gasteiger partial charge in [-0.2, -0.15) is 0 Å². The number of hydrogen-bond donors (Lipinski definition) is 0. The van der Waals surface area contributed by atoms with E-state index in [0.29, 0.717) is 28.1 Å². The summed E-state index contributed by atoms with van der Waals surface area (Å²) in [5.41, 5.74) is 3.30. The number of halogens is 2. The molecule has 4 rings (SSSR count). The summed E-state index contributed by atoms with van der Waals surface area (Å²) in [5.74, 6) is 0.353. The molecule has 0 saturated heterocycles. The average molecular weight is 373 g/mol. The number of fused-ring (bicyclic) bond motifs is 2. The lowest BCUT2D eigenvalue weighted by Gasteiger charge is -2.06. The van der Waals surface area contributed by atoms with E-state index in [4.69, 9.17) is 25.5 Å². The molecule has 0 atom stereocenters. The minimum Gasteiger partial charge on any atom is -0.494 e. The maximum atomic E-state index is 14.2. The van der Waals surface area contributed by atoms with Crippen LogP contribution in [-0.4, -0.2) is 24.2 Å². The van der Waals surface area contributed by atoms with Crippen molar-refractivity contribution in [2.45, 2.75) is 6.92 Å². The van der Waals surface area contributed by atoms with E-state index >= 15 is 0 Å². The van der Waals surface area contributed by atoms with E-state index in [-0.39, 0.29) is 16.4 Å². The van der Waals surface area contributed by atoms with Crippen molar-refractivity contribution < 1.29 is 18.3 Å². The fraction of sp³-hybridized carbons (Fsp3) is 0.158. The average Bonchev–Trinajstić information content (AvgIpc) is 3.07. The molecule has 0 fully saturated rings. The Bertz CT molecular complexity index is 1160. The van der Waals surface area contributed by atoms with Crippen LogP contribution in [0, 0.1) is 12.7 Å². The lowest BCUT2D eigenvalue weighted by atomic mass is 10.1. The van der Waals surface area contributed by atoms with E-state index in [1.165, 1.54) is 14.2 Å². The summed E-state index contributed by atoms with van der Waals surface area (Å²) in [4.78, 5) is 8.86. The van der Waals surface area contributed by atoms with Gasteiger partial charge < -0.3 is 13.9 Å². The van der Waals surface area contributed by atoms with Crippen LogP contribution in [0.2, 0.25) is 5.02 Å². The van der Waals surface area contributed by atoms with Gasteiger partial charge in [-0.25, -0.2) is 14.4 Å². The minimum absolute atomic E-state index is 0.0634. The second kappa shape index (κ2) is 6.14. The second-order valence-electron chi connectivity index (χ2n) is 5.83. The first-order valence-electron chi connectivity index (χ1n) is 7.79. The van der Waals surface area contributed by atoms with Gasteiger partial charge in [0.2, 0.25) is 5.88 Å². The molecule has 0 spiro atoms. The Hall–Kier alpha value is -2.86. The van der Waals surface area contributed by atoms with Crippen LogP contribution in [0.1, 0.15) is 5.56 Å². The third-order valence-electron chi connectivity index (χ3n) is 4.12. The molecule has 2 aromatic heterocycles. The summed E-state index contributed by atoms with van der Waals surface area (Å²) in [6, 6.07) is 7.18. The van der Waals surface area contributed by atoms with Gasteiger partial charge in [0.1, 0.15) is 10.8 Å². The Morgan fingerprint density at radius 2 is 1.92 bits per heavy atom. The van der Waals surface area contributed by atoms with Gasteiger partial charge in [-0.3, -0.25) is 0 Å². The highest BCUT2D eigenvalue weighted by Crippen LogP contribution is 2.39. The molecule has 4 aromatic rings. The van der Waals surface area contributed by atoms with Crippen LogP contribution in [0.4, 0.5) is 4.39 Å². The molecule has 0 aliphatic heterocycles. The van der Waals surface area contributed by atoms with Crippen molar-refractivity contribution in [3.05, 3.63) is 46.9 Å². The minimum atomic E-state index is -0.652. The van der Waals surface area contributed by atoms with Gasteiger partial charge in [0.15, 0.2) is 17.1 Å². The number of hydrogen-bond acceptors (Lipinski definition) is 5. The van der Waals surface area contributed by atoms with E-state index in [0.717, 1.165) is 11.1 Å². The van der Waals surface area contributed by atoms with Crippen LogP contribution in [0.15, 0.2) is 34.9 Å². The first-order valence-corrected chi connectivity index (χ1v) is 8.17. The number of rotatable bonds is 3. The predicted octanol–water partition coefficient (Wildman–Crippen LogP) is 5.16. The number of ether oxygens (including phenoxy) is 2. The third kappa shape index (κ3) is 2.54. The van der Waals surface area contributed by atoms with Crippen molar-refractivity contribution in [1.82, 2.24) is 9.97 Å². The smallest absolute Gasteiger partial charge is 0.232 e. The van der Waals surface area contributed by atoms with Gasteiger partial charge in [-0.05, 0) is 36.8 Å². The number of nitrogens with zero attached hydrogens (tertiary/aromatic N) is 2. The highest BCUT2D eigenvalue weighted by Gasteiger charge is 2.19. The molecule has 0 amide bonds. The third-order valence-corrected chi connectivity index (χ3v) is 4.46. The Kier molecular flexibility index (Phi) is 3.92. The van der Waals surface area contributed by atoms with E-state index in [2.05, 4.69) is 9.97 Å². The number of benzene rings is 2. The van der Waals surface area contributed by atoms with Crippen molar-refractivity contribution in [3.8, 4) is 23.0 Å². The van der Waals surface area contributed by atoms with E-state index < -0.39 is 5.82 Å². The maximum absolute atomic E-state index is 14.2. The van der Waals surface area contributed by atoms with Gasteiger partial charge in [0.25, 0.3) is 0 Å². The molecule has 5 nitrogen and oxygen atoms in total. The van der Waals surface area contributed by atoms with E-state index in [1.807, 2.05) is 19.1 Å². The molecule has 0 aliphatic carbocycles. The molecular formula is C19H14ClFN2O3. The summed E-state index contributed by atoms with van der Waals surface area (Å²) in [6.45, 7) is 1.95. The van der Waals surface area contributed by atoms with Gasteiger partial charge in [-0.1, -0.05) is 11.6 Å². The zero-order chi connectivity index (χ0) is 18.4. The number of aromatic nitrogens is 2. The standard InChI is InChI=1S/C19H14ClFN2O3/c1-9-4-11(18-12(5-9)23-15(25-3)8-22-18)13-6-10-7-14(24-2)17(21)16(20)19(10)26-13/h4-8H,1-3H3. The monoisotopic (exact) mass is 372 g/mol. The zero-order valence-corrected chi connectivity index (χ0v) is 15.0. The summed E-state index contributed by atoms with van der Waals surface area (Å²) in [7, 11) is 2.92. The summed E-state index contributed by atoms with van der Waals surface area (Å²) >= 11 is 6.11. The topological polar surface area (TPSA) is 57.4 Å². The number of methoxy groups -OCH3 is 2. The van der Waals surface area contributed by atoms with Gasteiger partial charge in [0.05, 0.1) is 31.4 Å². The Morgan fingerprint density at radius 3 is 2.65 bits per heavy atom. The second-order valence-corrected chi connectivity index (χ2v) is 6.21. The quantitative estimate of drug-likeness (QED) is 0.497. The van der Waals surface area contributed by atoms with Crippen LogP contribution in [-0.2, 0) is 0 Å². The van der Waals surface area contributed by atoms with Gasteiger partial charge in [-0.15, -0.1) is 0 Å². The lowest BCUT2D eigenvalue weighted by molar-refractivity contribution is 0.387. The number of aryl methyl sites for hydroxylation is 1. The van der Waals surface area contributed by atoms with Crippen molar-refractivity contribution in [2.75, 3.05) is 14.2 Å². The molecule has 26 heavy (non-hydrogen) atoms. The Labute approximate surface area is 153 Å². The molecule has 0 bridgehead atoms. The molecule has 7 heteroatoms. The fourth-order valence-corrected chi connectivity index (χ4v) is 3.15. The molecule has 0 radical (unpaired) electrons. The fourth-order valence-electron chi connectivity index (χ4n) is 2.91. The van der Waals surface area contributed by atoms with Crippen LogP contribution in [0.3, 0.4) is 0 Å². The molecule has 2 heterocycles. The highest BCUT2D eigenvalue weighted by atomic mass is 35.5. The summed E-state index contributed by atoms with van der Waals surface area (Å²) in [5, 5.41) is 0.523. The molecule has 132 valence electrons. The molecule has 0 unspecified atom stereocenters. The molecule has 2 aromatic carbocycles. The number of furan rings is 1. The normalized spacial score (nSPS) is 11.3. The first kappa shape index (κ1) is 16.6. The van der Waals surface area contributed by atoms with Crippen LogP contribution < -0.4 is 9.47 Å². The molecular weight excluding hydrogens is 359 g/mol. The zero-order valence-electron chi connectivity index (χ0n) is 14.3. The van der Waals surface area contributed by atoms with Crippen molar-refractivity contribution in [2.24, 2.45) is 0 Å². The van der Waals surface area contributed by atoms with Crippen LogP contribution >= 0.6 is 11.6 Å². The highest BCUT2D eigenvalue weighted by molar-refractivity contribution is 6.35. The van der Waals surface area contributed by atoms with Crippen LogP contribution in [0.25, 0.3) is 33.3 Å². The molecule has 0 aliphatic rings. The largest absolute Gasteiger partial charge is 0.494 e. The SMILES string of the molecule is COc1cnc2c(-c3cc4cc(OC)c(F)c(Cl)c4o3)cc(C)cc2n1. The predicted molar refractivity (Wildman–Crippen MR) is 97.6 cm³/mol. The van der Waals surface area contributed by atoms with Crippen LogP contribution in [0.5, 0.6) is 11.6 Å². The van der Waals surface area contributed by atoms with Crippen molar-refractivity contribution >= 4 is 33.6 Å². The molecule has 0 saturated carbocycles. The van der Waals surface area contributed by atoms with E-state index in [1.54, 1.807) is 18.3 Å². The van der Waals surface area contributed by atoms with Crippen molar-refractivity contribution in [3.63, 3.8) is 0 Å². The Morgan fingerprint density at radius 1 is 1.12 bits per heavy atom. The summed E-state index contributed by atoms with van der Waals surface area (Å²) in [6.07, 6.45) is 1.54. The van der Waals surface area contributed by atoms with Crippen molar-refractivity contribution in [1.29, 1.82) is 0 Å². The molecule has 0 N–H and O–H groups in total. The first-order chi connectivity index (χ1) is 12.5. The maximum Gasteiger partial charge on any atom is 0.232 e. The summed E-state index contributed by atoms with van der Waals surface area (Å²) < 4.78 is 30.2. The lowest BCUT2D eigenvalue weighted by Crippen LogP contribution is -1.93. The van der Waals surface area contributed by atoms with Gasteiger partial charge in [0, 0.05) is 10.9 Å². The van der Waals surface area contributed by atoms with E-state index in [9.17, 15) is 4.39 Å². The van der Waals surface area contributed by atoms with Gasteiger partial charge >= 0.3 is 0 Å². The Balaban J connectivity index is 1.99.